The molecule has 0 bridgehead atoms. The molecule has 1 aliphatic heterocycles. The van der Waals surface area contributed by atoms with Crippen LogP contribution < -0.4 is 0 Å². The van der Waals surface area contributed by atoms with Crippen LogP contribution in [0.15, 0.2) is 35.2 Å². The predicted molar refractivity (Wildman–Crippen MR) is 67.6 cm³/mol. The molecule has 4 heteroatoms. The van der Waals surface area contributed by atoms with Gasteiger partial charge in [0.05, 0.1) is 18.5 Å². The highest BCUT2D eigenvalue weighted by Crippen LogP contribution is 2.34. The number of benzene rings is 1. The lowest BCUT2D eigenvalue weighted by atomic mass is 9.93. The van der Waals surface area contributed by atoms with E-state index in [0.29, 0.717) is 6.61 Å². The van der Waals surface area contributed by atoms with Gasteiger partial charge in [-0.3, -0.25) is 0 Å². The maximum atomic E-state index is 11.4. The molecule has 17 heavy (non-hydrogen) atoms. The molecule has 0 aliphatic carbocycles. The largest absolute Gasteiger partial charge is 0.367 e. The van der Waals surface area contributed by atoms with Crippen molar-refractivity contribution >= 4 is 15.4 Å². The SMILES string of the molecule is [2H]c1cc(S(C)(=O)=O)ccc1C1=CCOC1(C)C. The van der Waals surface area contributed by atoms with Crippen LogP contribution in [0, 0.1) is 0 Å². The molecule has 0 spiro atoms. The van der Waals surface area contributed by atoms with Crippen molar-refractivity contribution in [1.82, 2.24) is 0 Å². The molecule has 1 aliphatic rings. The van der Waals surface area contributed by atoms with Crippen LogP contribution in [0.1, 0.15) is 20.8 Å². The molecule has 0 amide bonds. The van der Waals surface area contributed by atoms with Gasteiger partial charge in [0, 0.05) is 6.26 Å². The smallest absolute Gasteiger partial charge is 0.175 e. The summed E-state index contributed by atoms with van der Waals surface area (Å²) in [7, 11) is -3.27. The second-order valence-corrected chi connectivity index (χ2v) is 6.67. The van der Waals surface area contributed by atoms with E-state index in [1.54, 1.807) is 6.07 Å². The van der Waals surface area contributed by atoms with Crippen LogP contribution in [0.25, 0.3) is 5.57 Å². The molecule has 1 aromatic rings. The van der Waals surface area contributed by atoms with Crippen molar-refractivity contribution in [2.45, 2.75) is 24.3 Å². The van der Waals surface area contributed by atoms with Crippen LogP contribution in [0.4, 0.5) is 0 Å². The Hall–Kier alpha value is -1.13. The van der Waals surface area contributed by atoms with E-state index in [1.807, 2.05) is 19.9 Å². The molecule has 92 valence electrons. The average molecular weight is 253 g/mol. The minimum atomic E-state index is -3.27. The number of sulfone groups is 1. The van der Waals surface area contributed by atoms with E-state index in [4.69, 9.17) is 6.11 Å². The highest BCUT2D eigenvalue weighted by atomic mass is 32.2. The zero-order chi connectivity index (χ0) is 13.6. The molecule has 0 N–H and O–H groups in total. The third-order valence-electron chi connectivity index (χ3n) is 2.88. The molecular weight excluding hydrogens is 236 g/mol. The Bertz CT molecular complexity index is 615. The van der Waals surface area contributed by atoms with Crippen LogP contribution in [-0.2, 0) is 14.6 Å². The second kappa shape index (κ2) is 3.96. The van der Waals surface area contributed by atoms with Gasteiger partial charge < -0.3 is 4.74 Å². The fraction of sp³-hybridized carbons (Fsp3) is 0.385. The lowest BCUT2D eigenvalue weighted by Crippen LogP contribution is -2.21. The molecule has 0 unspecified atom stereocenters. The first-order chi connectivity index (χ1) is 8.22. The normalized spacial score (nSPS) is 19.9. The van der Waals surface area contributed by atoms with Crippen molar-refractivity contribution in [2.24, 2.45) is 0 Å². The maximum absolute atomic E-state index is 11.4. The third kappa shape index (κ3) is 2.42. The summed E-state index contributed by atoms with van der Waals surface area (Å²) in [6.07, 6.45) is 3.08. The van der Waals surface area contributed by atoms with E-state index in [2.05, 4.69) is 0 Å². The van der Waals surface area contributed by atoms with Crippen molar-refractivity contribution < 1.29 is 14.5 Å². The molecule has 1 heterocycles. The number of hydrogen-bond donors (Lipinski definition) is 0. The Balaban J connectivity index is 2.50. The van der Waals surface area contributed by atoms with E-state index in [-0.39, 0.29) is 10.9 Å². The topological polar surface area (TPSA) is 43.4 Å². The van der Waals surface area contributed by atoms with Crippen molar-refractivity contribution in [3.8, 4) is 0 Å². The zero-order valence-electron chi connectivity index (χ0n) is 11.1. The first-order valence-electron chi connectivity index (χ1n) is 5.87. The quantitative estimate of drug-likeness (QED) is 0.812. The lowest BCUT2D eigenvalue weighted by molar-refractivity contribution is 0.0637. The molecule has 0 radical (unpaired) electrons. The summed E-state index contributed by atoms with van der Waals surface area (Å²) in [4.78, 5) is 0.175. The summed E-state index contributed by atoms with van der Waals surface area (Å²) in [5.74, 6) is 0. The summed E-state index contributed by atoms with van der Waals surface area (Å²) in [5.41, 5.74) is 1.24. The van der Waals surface area contributed by atoms with Gasteiger partial charge in [-0.2, -0.15) is 0 Å². The highest BCUT2D eigenvalue weighted by molar-refractivity contribution is 7.90. The molecular formula is C13H16O3S. The van der Waals surface area contributed by atoms with Crippen LogP contribution in [0.3, 0.4) is 0 Å². The van der Waals surface area contributed by atoms with E-state index < -0.39 is 15.4 Å². The highest BCUT2D eigenvalue weighted by Gasteiger charge is 2.29. The van der Waals surface area contributed by atoms with Crippen molar-refractivity contribution in [3.05, 3.63) is 35.9 Å². The average Bonchev–Trinajstić information content (AvgIpc) is 2.56. The first kappa shape index (κ1) is 11.0. The van der Waals surface area contributed by atoms with Gasteiger partial charge in [-0.05, 0) is 37.1 Å². The van der Waals surface area contributed by atoms with Gasteiger partial charge in [-0.15, -0.1) is 0 Å². The van der Waals surface area contributed by atoms with Gasteiger partial charge in [-0.25, -0.2) is 8.42 Å². The monoisotopic (exact) mass is 253 g/mol. The lowest BCUT2D eigenvalue weighted by Gasteiger charge is -2.22. The minimum Gasteiger partial charge on any atom is -0.367 e. The van der Waals surface area contributed by atoms with Gasteiger partial charge in [0.2, 0.25) is 0 Å². The fourth-order valence-electron chi connectivity index (χ4n) is 1.90. The zero-order valence-corrected chi connectivity index (χ0v) is 11.0. The van der Waals surface area contributed by atoms with Crippen LogP contribution in [-0.4, -0.2) is 26.9 Å². The molecule has 2 rings (SSSR count). The summed E-state index contributed by atoms with van der Waals surface area (Å²) in [5, 5.41) is 0. The third-order valence-corrected chi connectivity index (χ3v) is 3.99. The van der Waals surface area contributed by atoms with E-state index in [9.17, 15) is 8.42 Å². The maximum Gasteiger partial charge on any atom is 0.175 e. The Morgan fingerprint density at radius 3 is 2.53 bits per heavy atom. The summed E-state index contributed by atoms with van der Waals surface area (Å²) < 4.78 is 36.4. The van der Waals surface area contributed by atoms with Crippen molar-refractivity contribution in [2.75, 3.05) is 12.9 Å². The molecule has 0 aromatic heterocycles. The molecule has 0 saturated heterocycles. The van der Waals surface area contributed by atoms with Crippen LogP contribution in [0.2, 0.25) is 0 Å². The number of rotatable bonds is 2. The van der Waals surface area contributed by atoms with E-state index in [0.717, 1.165) is 17.4 Å². The van der Waals surface area contributed by atoms with Gasteiger partial charge >= 0.3 is 0 Å². The number of hydrogen-bond acceptors (Lipinski definition) is 3. The van der Waals surface area contributed by atoms with Crippen LogP contribution >= 0.6 is 0 Å². The van der Waals surface area contributed by atoms with Gasteiger partial charge in [-0.1, -0.05) is 18.2 Å². The molecule has 3 nitrogen and oxygen atoms in total. The van der Waals surface area contributed by atoms with Crippen molar-refractivity contribution in [3.63, 3.8) is 0 Å². The molecule has 0 fully saturated rings. The predicted octanol–water partition coefficient (Wildman–Crippen LogP) is 2.28. The summed E-state index contributed by atoms with van der Waals surface area (Å²) in [6, 6.07) is 4.82. The molecule has 0 atom stereocenters. The summed E-state index contributed by atoms with van der Waals surface area (Å²) >= 11 is 0. The second-order valence-electron chi connectivity index (χ2n) is 4.65. The standard InChI is InChI=1S/C13H16O3S/c1-13(2)12(8-9-16-13)10-4-6-11(7-5-10)17(3,14)15/h4-8H,9H2,1-3H3/i4D. The summed E-state index contributed by atoms with van der Waals surface area (Å²) in [6.45, 7) is 4.40. The first-order valence-corrected chi connectivity index (χ1v) is 7.26. The Morgan fingerprint density at radius 1 is 1.35 bits per heavy atom. The Labute approximate surface area is 103 Å². The molecule has 1 aromatic carbocycles. The minimum absolute atomic E-state index is 0.175. The van der Waals surface area contributed by atoms with Crippen molar-refractivity contribution in [1.29, 1.82) is 0 Å². The molecule has 0 saturated carbocycles. The van der Waals surface area contributed by atoms with Gasteiger partial charge in [0.15, 0.2) is 9.84 Å². The van der Waals surface area contributed by atoms with Crippen LogP contribution in [0.5, 0.6) is 0 Å². The fourth-order valence-corrected chi connectivity index (χ4v) is 2.49. The Kier molecular flexibility index (Phi) is 2.56. The van der Waals surface area contributed by atoms with E-state index >= 15 is 0 Å². The Morgan fingerprint density at radius 2 is 2.06 bits per heavy atom. The van der Waals surface area contributed by atoms with Gasteiger partial charge in [0.25, 0.3) is 0 Å². The van der Waals surface area contributed by atoms with E-state index in [1.165, 1.54) is 12.1 Å². The number of ether oxygens (including phenoxy) is 1. The van der Waals surface area contributed by atoms with Gasteiger partial charge in [0.1, 0.15) is 0 Å².